The second-order valence-electron chi connectivity index (χ2n) is 8.66. The molecule has 0 bridgehead atoms. The molecule has 2 aromatic rings. The summed E-state index contributed by atoms with van der Waals surface area (Å²) in [7, 11) is 4.89. The molecule has 0 amide bonds. The third kappa shape index (κ3) is 4.50. The Morgan fingerprint density at radius 1 is 0.857 bits per heavy atom. The molecule has 35 heavy (non-hydrogen) atoms. The van der Waals surface area contributed by atoms with Crippen LogP contribution in [0.2, 0.25) is 0 Å². The van der Waals surface area contributed by atoms with Crippen LogP contribution in [0.1, 0.15) is 29.0 Å². The van der Waals surface area contributed by atoms with Crippen molar-refractivity contribution in [2.24, 2.45) is 11.8 Å². The molecule has 3 aliphatic rings. The third-order valence-electron chi connectivity index (χ3n) is 6.83. The molecule has 2 aliphatic heterocycles. The quantitative estimate of drug-likeness (QED) is 0.617. The zero-order chi connectivity index (χ0) is 24.2. The molecular formula is C29H28O6. The summed E-state index contributed by atoms with van der Waals surface area (Å²) >= 11 is 0. The van der Waals surface area contributed by atoms with Gasteiger partial charge < -0.3 is 28.4 Å². The highest BCUT2D eigenvalue weighted by atomic mass is 16.7. The Bertz CT molecular complexity index is 1230. The van der Waals surface area contributed by atoms with E-state index in [0.29, 0.717) is 30.5 Å². The molecule has 6 nitrogen and oxygen atoms in total. The van der Waals surface area contributed by atoms with Crippen LogP contribution in [0.15, 0.2) is 36.4 Å². The van der Waals surface area contributed by atoms with Gasteiger partial charge in [-0.15, -0.1) is 0 Å². The minimum absolute atomic E-state index is 0.000183. The molecule has 0 fully saturated rings. The second-order valence-corrected chi connectivity index (χ2v) is 8.66. The van der Waals surface area contributed by atoms with Crippen molar-refractivity contribution in [2.75, 3.05) is 41.3 Å². The Morgan fingerprint density at radius 2 is 1.57 bits per heavy atom. The van der Waals surface area contributed by atoms with E-state index in [1.54, 1.807) is 33.5 Å². The first kappa shape index (κ1) is 23.0. The Labute approximate surface area is 206 Å². The minimum atomic E-state index is 0.000183. The molecule has 0 saturated carbocycles. The topological polar surface area (TPSA) is 55.4 Å². The van der Waals surface area contributed by atoms with E-state index in [1.165, 1.54) is 11.1 Å². The molecule has 6 heteroatoms. The summed E-state index contributed by atoms with van der Waals surface area (Å²) in [4.78, 5) is 0. The summed E-state index contributed by atoms with van der Waals surface area (Å²) in [6, 6.07) is 8.31. The van der Waals surface area contributed by atoms with Gasteiger partial charge in [0.15, 0.2) is 23.0 Å². The number of rotatable bonds is 4. The van der Waals surface area contributed by atoms with E-state index in [0.717, 1.165) is 29.9 Å². The zero-order valence-corrected chi connectivity index (χ0v) is 20.2. The monoisotopic (exact) mass is 472 g/mol. The largest absolute Gasteiger partial charge is 0.493 e. The molecule has 0 saturated heterocycles. The summed E-state index contributed by atoms with van der Waals surface area (Å²) in [5.41, 5.74) is 3.49. The average Bonchev–Trinajstić information content (AvgIpc) is 3.33. The first-order chi connectivity index (χ1) is 17.2. The van der Waals surface area contributed by atoms with E-state index in [4.69, 9.17) is 28.4 Å². The summed E-state index contributed by atoms with van der Waals surface area (Å²) in [5.74, 6) is 16.3. The lowest BCUT2D eigenvalue weighted by molar-refractivity contribution is 0.0861. The highest BCUT2D eigenvalue weighted by Gasteiger charge is 2.39. The fourth-order valence-electron chi connectivity index (χ4n) is 5.25. The van der Waals surface area contributed by atoms with E-state index < -0.39 is 0 Å². The van der Waals surface area contributed by atoms with Gasteiger partial charge in [-0.05, 0) is 71.4 Å². The van der Waals surface area contributed by atoms with Gasteiger partial charge in [-0.2, -0.15) is 0 Å². The molecule has 2 heterocycles. The van der Waals surface area contributed by atoms with Crippen molar-refractivity contribution in [3.8, 4) is 52.4 Å². The number of hydrogen-bond acceptors (Lipinski definition) is 6. The van der Waals surface area contributed by atoms with Gasteiger partial charge in [0.1, 0.15) is 6.61 Å². The van der Waals surface area contributed by atoms with Crippen LogP contribution < -0.4 is 23.7 Å². The average molecular weight is 473 g/mol. The van der Waals surface area contributed by atoms with Crippen molar-refractivity contribution >= 4 is 0 Å². The molecule has 2 aromatic carbocycles. The normalized spacial score (nSPS) is 23.0. The summed E-state index contributed by atoms with van der Waals surface area (Å²) in [5, 5.41) is 0. The molecule has 0 unspecified atom stereocenters. The summed E-state index contributed by atoms with van der Waals surface area (Å²) in [6.45, 7) is 1.16. The van der Waals surface area contributed by atoms with Crippen LogP contribution >= 0.6 is 0 Å². The Balaban J connectivity index is 1.67. The van der Waals surface area contributed by atoms with E-state index >= 15 is 0 Å². The smallest absolute Gasteiger partial charge is 0.231 e. The summed E-state index contributed by atoms with van der Waals surface area (Å²) < 4.78 is 34.5. The Morgan fingerprint density at radius 3 is 2.29 bits per heavy atom. The number of hydrogen-bond donors (Lipinski definition) is 0. The van der Waals surface area contributed by atoms with Crippen LogP contribution in [0.4, 0.5) is 0 Å². The van der Waals surface area contributed by atoms with Crippen molar-refractivity contribution < 1.29 is 28.4 Å². The highest BCUT2D eigenvalue weighted by molar-refractivity contribution is 5.58. The highest BCUT2D eigenvalue weighted by Crippen LogP contribution is 2.51. The standard InChI is InChI=1S/C29H28O6/c1-30-26-14-21(15-27(31-2)29(26)32-3)28-22-16-25-24(34-18-35-25)13-20(22)12-19-10-8-6-4-5-7-9-11-33-17-23(19)28/h4-5,13-16,19,23,28H,10-12,17-18H2,1-3H3/b5-4-/t19-,23-,28-/m1/s1. The van der Waals surface area contributed by atoms with Crippen molar-refractivity contribution in [3.05, 3.63) is 53.1 Å². The molecule has 0 radical (unpaired) electrons. The maximum atomic E-state index is 6.09. The number of allylic oxidation sites excluding steroid dienone is 2. The molecule has 0 aromatic heterocycles. The van der Waals surface area contributed by atoms with Crippen LogP contribution in [0.25, 0.3) is 0 Å². The molecule has 1 aliphatic carbocycles. The SMILES string of the molecule is COc1cc([C@@H]2c3cc4c(cc3C[C@H]3CC#C/C=C\C#CCOC[C@H]32)OCO4)cc(OC)c1OC. The molecule has 0 spiro atoms. The van der Waals surface area contributed by atoms with Crippen LogP contribution in [0.5, 0.6) is 28.7 Å². The van der Waals surface area contributed by atoms with Gasteiger partial charge in [0.25, 0.3) is 0 Å². The van der Waals surface area contributed by atoms with Gasteiger partial charge >= 0.3 is 0 Å². The molecule has 5 rings (SSSR count). The van der Waals surface area contributed by atoms with Crippen LogP contribution in [0.3, 0.4) is 0 Å². The lowest BCUT2D eigenvalue weighted by Gasteiger charge is -2.39. The Kier molecular flexibility index (Phi) is 6.75. The maximum Gasteiger partial charge on any atom is 0.231 e. The second kappa shape index (κ2) is 10.3. The zero-order valence-electron chi connectivity index (χ0n) is 20.2. The van der Waals surface area contributed by atoms with Crippen molar-refractivity contribution in [1.82, 2.24) is 0 Å². The number of benzene rings is 2. The molecular weight excluding hydrogens is 444 g/mol. The predicted molar refractivity (Wildman–Crippen MR) is 131 cm³/mol. The number of methoxy groups -OCH3 is 3. The van der Waals surface area contributed by atoms with E-state index in [1.807, 2.05) is 12.1 Å². The van der Waals surface area contributed by atoms with Gasteiger partial charge in [-0.3, -0.25) is 0 Å². The molecule has 3 atom stereocenters. The van der Waals surface area contributed by atoms with Crippen LogP contribution in [-0.4, -0.2) is 41.3 Å². The fourth-order valence-corrected chi connectivity index (χ4v) is 5.25. The van der Waals surface area contributed by atoms with Gasteiger partial charge in [-0.1, -0.05) is 23.7 Å². The van der Waals surface area contributed by atoms with E-state index in [9.17, 15) is 0 Å². The van der Waals surface area contributed by atoms with Crippen molar-refractivity contribution in [3.63, 3.8) is 0 Å². The van der Waals surface area contributed by atoms with E-state index in [-0.39, 0.29) is 24.5 Å². The number of ether oxygens (including phenoxy) is 6. The minimum Gasteiger partial charge on any atom is -0.493 e. The predicted octanol–water partition coefficient (Wildman–Crippen LogP) is 4.34. The van der Waals surface area contributed by atoms with Gasteiger partial charge in [0.05, 0.1) is 27.9 Å². The van der Waals surface area contributed by atoms with Crippen molar-refractivity contribution in [1.29, 1.82) is 0 Å². The number of fused-ring (bicyclic) bond motifs is 3. The Hall–Kier alpha value is -3.74. The van der Waals surface area contributed by atoms with Crippen molar-refractivity contribution in [2.45, 2.75) is 18.8 Å². The third-order valence-corrected chi connectivity index (χ3v) is 6.83. The molecule has 180 valence electrons. The molecule has 0 N–H and O–H groups in total. The maximum absolute atomic E-state index is 6.09. The first-order valence-corrected chi connectivity index (χ1v) is 11.6. The van der Waals surface area contributed by atoms with E-state index in [2.05, 4.69) is 35.8 Å². The lowest BCUT2D eigenvalue weighted by atomic mass is 9.65. The van der Waals surface area contributed by atoms with Gasteiger partial charge in [-0.25, -0.2) is 0 Å². The first-order valence-electron chi connectivity index (χ1n) is 11.6. The summed E-state index contributed by atoms with van der Waals surface area (Å²) in [6.07, 6.45) is 5.20. The van der Waals surface area contributed by atoms with Crippen LogP contribution in [-0.2, 0) is 11.2 Å². The van der Waals surface area contributed by atoms with Gasteiger partial charge in [0, 0.05) is 12.3 Å². The van der Waals surface area contributed by atoms with Crippen LogP contribution in [0, 0.1) is 35.5 Å². The lowest BCUT2D eigenvalue weighted by Crippen LogP contribution is -2.34. The van der Waals surface area contributed by atoms with Gasteiger partial charge in [0.2, 0.25) is 12.5 Å². The fraction of sp³-hybridized carbons (Fsp3) is 0.379.